The Labute approximate surface area is 192 Å². The van der Waals surface area contributed by atoms with Crippen molar-refractivity contribution >= 4 is 28.4 Å². The molecule has 0 spiro atoms. The number of piperidine rings is 1. The van der Waals surface area contributed by atoms with Gasteiger partial charge in [-0.25, -0.2) is 4.98 Å². The second-order valence-corrected chi connectivity index (χ2v) is 8.74. The highest BCUT2D eigenvalue weighted by Crippen LogP contribution is 2.24. The summed E-state index contributed by atoms with van der Waals surface area (Å²) >= 11 is 0. The van der Waals surface area contributed by atoms with Crippen LogP contribution in [0.3, 0.4) is 0 Å². The molecule has 0 bridgehead atoms. The highest BCUT2D eigenvalue weighted by atomic mass is 16.2. The fourth-order valence-electron chi connectivity index (χ4n) is 4.60. The summed E-state index contributed by atoms with van der Waals surface area (Å²) in [6.45, 7) is 2.27. The molecule has 4 aromatic rings. The average Bonchev–Trinajstić information content (AvgIpc) is 3.50. The van der Waals surface area contributed by atoms with E-state index in [0.29, 0.717) is 23.7 Å². The van der Waals surface area contributed by atoms with Crippen LogP contribution in [-0.4, -0.2) is 55.7 Å². The zero-order valence-electron chi connectivity index (χ0n) is 18.5. The summed E-state index contributed by atoms with van der Waals surface area (Å²) in [5, 5.41) is 3.94. The van der Waals surface area contributed by atoms with Crippen molar-refractivity contribution in [2.75, 3.05) is 19.6 Å². The lowest BCUT2D eigenvalue weighted by atomic mass is 9.91. The fourth-order valence-corrected chi connectivity index (χ4v) is 4.60. The molecule has 0 unspecified atom stereocenters. The highest BCUT2D eigenvalue weighted by molar-refractivity contribution is 5.97. The SMILES string of the molecule is O=C(NCCCCC1CCN(C(=O)c2ccc3nccn3c2)CC1)c1cc2cnccc2[nH]1. The summed E-state index contributed by atoms with van der Waals surface area (Å²) in [6, 6.07) is 7.44. The molecule has 8 nitrogen and oxygen atoms in total. The Morgan fingerprint density at radius 2 is 2.00 bits per heavy atom. The molecule has 170 valence electrons. The van der Waals surface area contributed by atoms with Crippen LogP contribution in [0.1, 0.15) is 53.0 Å². The topological polar surface area (TPSA) is 95.4 Å². The van der Waals surface area contributed by atoms with E-state index in [1.54, 1.807) is 18.6 Å². The number of carbonyl (C=O) groups excluding carboxylic acids is 2. The summed E-state index contributed by atoms with van der Waals surface area (Å²) in [5.74, 6) is 0.661. The maximum atomic E-state index is 12.9. The molecule has 8 heteroatoms. The van der Waals surface area contributed by atoms with Gasteiger partial charge in [-0.2, -0.15) is 0 Å². The number of nitrogens with zero attached hydrogens (tertiary/aromatic N) is 4. The number of pyridine rings is 2. The Morgan fingerprint density at radius 1 is 1.12 bits per heavy atom. The van der Waals surface area contributed by atoms with Crippen LogP contribution in [0, 0.1) is 5.92 Å². The fraction of sp³-hybridized carbons (Fsp3) is 0.360. The Kier molecular flexibility index (Phi) is 6.06. The predicted molar refractivity (Wildman–Crippen MR) is 126 cm³/mol. The van der Waals surface area contributed by atoms with Crippen LogP contribution in [0.25, 0.3) is 16.6 Å². The minimum Gasteiger partial charge on any atom is -0.351 e. The Hall–Kier alpha value is -3.68. The number of imidazole rings is 1. The quantitative estimate of drug-likeness (QED) is 0.425. The first-order valence-corrected chi connectivity index (χ1v) is 11.6. The molecule has 1 aliphatic rings. The number of aromatic nitrogens is 4. The molecule has 2 amide bonds. The summed E-state index contributed by atoms with van der Waals surface area (Å²) in [4.78, 5) is 38.6. The van der Waals surface area contributed by atoms with Crippen LogP contribution < -0.4 is 5.32 Å². The lowest BCUT2D eigenvalue weighted by Gasteiger charge is -2.32. The third kappa shape index (κ3) is 4.74. The first-order valence-electron chi connectivity index (χ1n) is 11.6. The van der Waals surface area contributed by atoms with E-state index in [0.717, 1.165) is 61.7 Å². The second-order valence-electron chi connectivity index (χ2n) is 8.74. The molecule has 4 aromatic heterocycles. The van der Waals surface area contributed by atoms with Gasteiger partial charge in [0.15, 0.2) is 0 Å². The van der Waals surface area contributed by atoms with Crippen LogP contribution in [-0.2, 0) is 0 Å². The largest absolute Gasteiger partial charge is 0.351 e. The van der Waals surface area contributed by atoms with Crippen LogP contribution in [0.4, 0.5) is 0 Å². The Bertz CT molecular complexity index is 1240. The molecule has 1 fully saturated rings. The minimum absolute atomic E-state index is 0.0769. The van der Waals surface area contributed by atoms with E-state index in [1.807, 2.05) is 46.0 Å². The molecule has 33 heavy (non-hydrogen) atoms. The predicted octanol–water partition coefficient (Wildman–Crippen LogP) is 3.66. The molecule has 0 aliphatic carbocycles. The van der Waals surface area contributed by atoms with Gasteiger partial charge in [0.1, 0.15) is 11.3 Å². The lowest BCUT2D eigenvalue weighted by molar-refractivity contribution is 0.0685. The van der Waals surface area contributed by atoms with Crippen molar-refractivity contribution in [1.82, 2.24) is 29.6 Å². The first kappa shape index (κ1) is 21.2. The van der Waals surface area contributed by atoms with Gasteiger partial charge in [-0.15, -0.1) is 0 Å². The van der Waals surface area contributed by atoms with Crippen molar-refractivity contribution in [2.45, 2.75) is 32.1 Å². The second kappa shape index (κ2) is 9.44. The lowest BCUT2D eigenvalue weighted by Crippen LogP contribution is -2.38. The van der Waals surface area contributed by atoms with Crippen molar-refractivity contribution in [3.8, 4) is 0 Å². The molecule has 1 aliphatic heterocycles. The van der Waals surface area contributed by atoms with Gasteiger partial charge in [0.05, 0.1) is 5.56 Å². The van der Waals surface area contributed by atoms with Crippen LogP contribution >= 0.6 is 0 Å². The number of H-pyrrole nitrogens is 1. The smallest absolute Gasteiger partial charge is 0.267 e. The maximum Gasteiger partial charge on any atom is 0.267 e. The number of hydrogen-bond acceptors (Lipinski definition) is 4. The van der Waals surface area contributed by atoms with Crippen LogP contribution in [0.2, 0.25) is 0 Å². The van der Waals surface area contributed by atoms with E-state index in [4.69, 9.17) is 0 Å². The number of hydrogen-bond donors (Lipinski definition) is 2. The summed E-state index contributed by atoms with van der Waals surface area (Å²) in [7, 11) is 0. The van der Waals surface area contributed by atoms with E-state index in [9.17, 15) is 9.59 Å². The normalized spacial score (nSPS) is 14.7. The van der Waals surface area contributed by atoms with Crippen molar-refractivity contribution in [3.63, 3.8) is 0 Å². The van der Waals surface area contributed by atoms with E-state index in [2.05, 4.69) is 20.3 Å². The van der Waals surface area contributed by atoms with Gasteiger partial charge >= 0.3 is 0 Å². The van der Waals surface area contributed by atoms with E-state index >= 15 is 0 Å². The average molecular weight is 445 g/mol. The Morgan fingerprint density at radius 3 is 2.85 bits per heavy atom. The summed E-state index contributed by atoms with van der Waals surface area (Å²) < 4.78 is 1.88. The molecule has 5 heterocycles. The van der Waals surface area contributed by atoms with E-state index in [-0.39, 0.29) is 11.8 Å². The summed E-state index contributed by atoms with van der Waals surface area (Å²) in [5.41, 5.74) is 3.05. The zero-order chi connectivity index (χ0) is 22.6. The first-order chi connectivity index (χ1) is 16.2. The van der Waals surface area contributed by atoms with Crippen molar-refractivity contribution in [1.29, 1.82) is 0 Å². The van der Waals surface area contributed by atoms with Crippen molar-refractivity contribution in [3.05, 3.63) is 66.5 Å². The third-order valence-electron chi connectivity index (χ3n) is 6.53. The standard InChI is InChI=1S/C25H28N6O2/c32-24(22-15-20-16-26-10-6-21(20)29-22)28-9-2-1-3-18-7-12-30(13-8-18)25(33)19-4-5-23-27-11-14-31(23)17-19/h4-6,10-11,14-18,29H,1-3,7-9,12-13H2,(H,28,32). The van der Waals surface area contributed by atoms with Crippen molar-refractivity contribution in [2.24, 2.45) is 5.92 Å². The number of rotatable bonds is 7. The molecule has 2 N–H and O–H groups in total. The number of amides is 2. The molecule has 5 rings (SSSR count). The summed E-state index contributed by atoms with van der Waals surface area (Å²) in [6.07, 6.45) is 14.2. The third-order valence-corrected chi connectivity index (χ3v) is 6.53. The molecule has 0 aromatic carbocycles. The minimum atomic E-state index is -0.0769. The van der Waals surface area contributed by atoms with Gasteiger partial charge in [0.2, 0.25) is 0 Å². The maximum absolute atomic E-state index is 12.9. The molecular weight excluding hydrogens is 416 g/mol. The van der Waals surface area contributed by atoms with Gasteiger partial charge in [-0.05, 0) is 49.4 Å². The molecular formula is C25H28N6O2. The number of unbranched alkanes of at least 4 members (excludes halogenated alkanes) is 1. The highest BCUT2D eigenvalue weighted by Gasteiger charge is 2.23. The van der Waals surface area contributed by atoms with Crippen molar-refractivity contribution < 1.29 is 9.59 Å². The van der Waals surface area contributed by atoms with E-state index in [1.165, 1.54) is 0 Å². The monoisotopic (exact) mass is 444 g/mol. The van der Waals surface area contributed by atoms with Gasteiger partial charge < -0.3 is 19.6 Å². The van der Waals surface area contributed by atoms with Gasteiger partial charge in [0, 0.05) is 61.5 Å². The van der Waals surface area contributed by atoms with Gasteiger partial charge in [-0.1, -0.05) is 12.8 Å². The Balaban J connectivity index is 1.01. The molecule has 0 radical (unpaired) electrons. The van der Waals surface area contributed by atoms with Crippen LogP contribution in [0.15, 0.2) is 55.2 Å². The number of fused-ring (bicyclic) bond motifs is 2. The van der Waals surface area contributed by atoms with Gasteiger partial charge in [0.25, 0.3) is 11.8 Å². The number of nitrogens with one attached hydrogen (secondary N) is 2. The van der Waals surface area contributed by atoms with Gasteiger partial charge in [-0.3, -0.25) is 14.6 Å². The molecule has 1 saturated heterocycles. The number of carbonyl (C=O) groups is 2. The molecule has 0 saturated carbocycles. The number of likely N-dealkylation sites (tertiary alicyclic amines) is 1. The zero-order valence-corrected chi connectivity index (χ0v) is 18.5. The number of aromatic amines is 1. The van der Waals surface area contributed by atoms with Crippen LogP contribution in [0.5, 0.6) is 0 Å². The van der Waals surface area contributed by atoms with E-state index < -0.39 is 0 Å². The molecule has 0 atom stereocenters.